The van der Waals surface area contributed by atoms with E-state index in [0.717, 1.165) is 37.4 Å². The smallest absolute Gasteiger partial charge is 0.0889 e. The highest BCUT2D eigenvalue weighted by Crippen LogP contribution is 2.60. The highest BCUT2D eigenvalue weighted by molar-refractivity contribution is 5.20. The molecule has 4 heteroatoms. The van der Waals surface area contributed by atoms with E-state index in [1.807, 2.05) is 4.68 Å². The Morgan fingerprint density at radius 3 is 2.45 bits per heavy atom. The summed E-state index contributed by atoms with van der Waals surface area (Å²) in [6, 6.07) is 0. The number of nitrogens with one attached hydrogen (secondary N) is 1. The average molecular weight is 274 g/mol. The molecule has 1 N–H and O–H groups in total. The van der Waals surface area contributed by atoms with Gasteiger partial charge >= 0.3 is 0 Å². The summed E-state index contributed by atoms with van der Waals surface area (Å²) in [6.45, 7) is 5.09. The number of likely N-dealkylation sites (N-methyl/N-ethyl adjacent to an activating group) is 1. The van der Waals surface area contributed by atoms with Crippen LogP contribution in [0.3, 0.4) is 0 Å². The third-order valence-corrected chi connectivity index (χ3v) is 5.89. The van der Waals surface area contributed by atoms with Crippen molar-refractivity contribution in [3.8, 4) is 0 Å². The number of aromatic nitrogens is 3. The normalized spacial score (nSPS) is 38.5. The first-order chi connectivity index (χ1) is 9.77. The molecular weight excluding hydrogens is 248 g/mol. The summed E-state index contributed by atoms with van der Waals surface area (Å²) >= 11 is 0. The minimum Gasteiger partial charge on any atom is -0.315 e. The zero-order valence-electron chi connectivity index (χ0n) is 12.5. The van der Waals surface area contributed by atoms with Gasteiger partial charge < -0.3 is 5.32 Å². The van der Waals surface area contributed by atoms with Gasteiger partial charge in [0, 0.05) is 18.2 Å². The Morgan fingerprint density at radius 2 is 1.85 bits per heavy atom. The lowest BCUT2D eigenvalue weighted by Gasteiger charge is -2.56. The summed E-state index contributed by atoms with van der Waals surface area (Å²) in [5.74, 6) is 2.94. The van der Waals surface area contributed by atoms with Crippen LogP contribution < -0.4 is 5.32 Å². The van der Waals surface area contributed by atoms with Crippen LogP contribution in [0.1, 0.15) is 51.1 Å². The van der Waals surface area contributed by atoms with Crippen molar-refractivity contribution in [2.45, 2.75) is 57.4 Å². The topological polar surface area (TPSA) is 42.7 Å². The Kier molecular flexibility index (Phi) is 3.09. The molecule has 4 saturated carbocycles. The van der Waals surface area contributed by atoms with Gasteiger partial charge in [0.1, 0.15) is 0 Å². The van der Waals surface area contributed by atoms with Crippen molar-refractivity contribution in [3.63, 3.8) is 0 Å². The van der Waals surface area contributed by atoms with Crippen molar-refractivity contribution in [2.75, 3.05) is 13.1 Å². The molecule has 0 aliphatic heterocycles. The molecular formula is C16H26N4. The molecule has 1 aromatic heterocycles. The van der Waals surface area contributed by atoms with Gasteiger partial charge in [0.15, 0.2) is 0 Å². The van der Waals surface area contributed by atoms with Crippen molar-refractivity contribution in [1.29, 1.82) is 0 Å². The maximum absolute atomic E-state index is 4.57. The molecule has 4 aliphatic rings. The second-order valence-corrected chi connectivity index (χ2v) is 7.42. The molecule has 0 unspecified atom stereocenters. The summed E-state index contributed by atoms with van der Waals surface area (Å²) in [7, 11) is 0. The summed E-state index contributed by atoms with van der Waals surface area (Å²) < 4.78 is 2.04. The molecule has 4 nitrogen and oxygen atoms in total. The molecule has 0 radical (unpaired) electrons. The fourth-order valence-corrected chi connectivity index (χ4v) is 5.45. The van der Waals surface area contributed by atoms with Gasteiger partial charge in [-0.3, -0.25) is 4.68 Å². The number of hydrogen-bond donors (Lipinski definition) is 1. The van der Waals surface area contributed by atoms with Gasteiger partial charge in [-0.2, -0.15) is 0 Å². The Bertz CT molecular complexity index is 443. The van der Waals surface area contributed by atoms with Gasteiger partial charge in [0.25, 0.3) is 0 Å². The van der Waals surface area contributed by atoms with Gasteiger partial charge in [-0.05, 0) is 62.8 Å². The summed E-state index contributed by atoms with van der Waals surface area (Å²) in [4.78, 5) is 0. The van der Waals surface area contributed by atoms with Crippen molar-refractivity contribution in [2.24, 2.45) is 17.8 Å². The Hall–Kier alpha value is -0.900. The molecule has 4 fully saturated rings. The van der Waals surface area contributed by atoms with Crippen molar-refractivity contribution in [3.05, 3.63) is 11.9 Å². The van der Waals surface area contributed by atoms with Crippen molar-refractivity contribution in [1.82, 2.24) is 20.3 Å². The zero-order valence-corrected chi connectivity index (χ0v) is 12.5. The van der Waals surface area contributed by atoms with E-state index >= 15 is 0 Å². The van der Waals surface area contributed by atoms with Crippen LogP contribution in [0.4, 0.5) is 0 Å². The maximum Gasteiger partial charge on any atom is 0.0889 e. The lowest BCUT2D eigenvalue weighted by molar-refractivity contribution is -0.00725. The number of nitrogens with zero attached hydrogens (tertiary/aromatic N) is 3. The largest absolute Gasteiger partial charge is 0.315 e. The molecule has 5 rings (SSSR count). The fourth-order valence-electron chi connectivity index (χ4n) is 5.45. The maximum atomic E-state index is 4.57. The second-order valence-electron chi connectivity index (χ2n) is 7.42. The average Bonchev–Trinajstić information content (AvgIpc) is 2.87. The first-order valence-electron chi connectivity index (χ1n) is 8.39. The Labute approximate surface area is 121 Å². The van der Waals surface area contributed by atoms with Crippen LogP contribution in [0.5, 0.6) is 0 Å². The highest BCUT2D eigenvalue weighted by atomic mass is 15.4. The summed E-state index contributed by atoms with van der Waals surface area (Å²) in [6.07, 6.45) is 10.9. The predicted molar refractivity (Wildman–Crippen MR) is 78.4 cm³/mol. The van der Waals surface area contributed by atoms with Crippen LogP contribution >= 0.6 is 0 Å². The standard InChI is InChI=1S/C16H26N4/c1-2-17-3-4-20-11-15(18-19-20)16-8-12-5-13(9-16)7-14(6-12)10-16/h11-14,17H,2-10H2,1H3. The summed E-state index contributed by atoms with van der Waals surface area (Å²) in [5.41, 5.74) is 1.69. The molecule has 1 heterocycles. The molecule has 0 amide bonds. The zero-order chi connectivity index (χ0) is 13.6. The molecule has 110 valence electrons. The van der Waals surface area contributed by atoms with E-state index in [1.54, 1.807) is 0 Å². The molecule has 0 spiro atoms. The molecule has 4 bridgehead atoms. The highest BCUT2D eigenvalue weighted by Gasteiger charge is 2.52. The predicted octanol–water partition coefficient (Wildman–Crippen LogP) is 2.36. The Morgan fingerprint density at radius 1 is 1.20 bits per heavy atom. The first kappa shape index (κ1) is 12.8. The molecule has 0 atom stereocenters. The van der Waals surface area contributed by atoms with E-state index in [1.165, 1.54) is 44.2 Å². The molecule has 0 saturated heterocycles. The van der Waals surface area contributed by atoms with Gasteiger partial charge in [-0.25, -0.2) is 0 Å². The minimum absolute atomic E-state index is 0.394. The lowest BCUT2D eigenvalue weighted by atomic mass is 9.49. The van der Waals surface area contributed by atoms with E-state index in [-0.39, 0.29) is 0 Å². The lowest BCUT2D eigenvalue weighted by Crippen LogP contribution is -2.48. The third kappa shape index (κ3) is 2.09. The van der Waals surface area contributed by atoms with Gasteiger partial charge in [-0.1, -0.05) is 12.1 Å². The number of hydrogen-bond acceptors (Lipinski definition) is 3. The van der Waals surface area contributed by atoms with Crippen LogP contribution in [-0.4, -0.2) is 28.1 Å². The monoisotopic (exact) mass is 274 g/mol. The van der Waals surface area contributed by atoms with E-state index in [2.05, 4.69) is 28.7 Å². The Balaban J connectivity index is 1.52. The second kappa shape index (κ2) is 4.83. The van der Waals surface area contributed by atoms with E-state index < -0.39 is 0 Å². The SMILES string of the molecule is CCNCCn1cc(C23CC4CC(CC(C4)C2)C3)nn1. The van der Waals surface area contributed by atoms with Gasteiger partial charge in [0.2, 0.25) is 0 Å². The van der Waals surface area contributed by atoms with E-state index in [9.17, 15) is 0 Å². The summed E-state index contributed by atoms with van der Waals surface area (Å²) in [5, 5.41) is 12.3. The van der Waals surface area contributed by atoms with Crippen LogP contribution in [0.25, 0.3) is 0 Å². The van der Waals surface area contributed by atoms with Gasteiger partial charge in [0.05, 0.1) is 12.2 Å². The van der Waals surface area contributed by atoms with Gasteiger partial charge in [-0.15, -0.1) is 5.10 Å². The van der Waals surface area contributed by atoms with Crippen molar-refractivity contribution >= 4 is 0 Å². The number of rotatable bonds is 5. The van der Waals surface area contributed by atoms with E-state index in [0.29, 0.717) is 5.41 Å². The van der Waals surface area contributed by atoms with E-state index in [4.69, 9.17) is 0 Å². The van der Waals surface area contributed by atoms with Crippen molar-refractivity contribution < 1.29 is 0 Å². The first-order valence-corrected chi connectivity index (χ1v) is 8.39. The van der Waals surface area contributed by atoms with Crippen LogP contribution in [-0.2, 0) is 12.0 Å². The molecule has 1 aromatic rings. The minimum atomic E-state index is 0.394. The quantitative estimate of drug-likeness (QED) is 0.838. The van der Waals surface area contributed by atoms with Crippen LogP contribution in [0.15, 0.2) is 6.20 Å². The van der Waals surface area contributed by atoms with Crippen LogP contribution in [0, 0.1) is 17.8 Å². The van der Waals surface area contributed by atoms with Crippen LogP contribution in [0.2, 0.25) is 0 Å². The molecule has 4 aliphatic carbocycles. The fraction of sp³-hybridized carbons (Fsp3) is 0.875. The third-order valence-electron chi connectivity index (χ3n) is 5.89. The molecule has 0 aromatic carbocycles. The molecule has 20 heavy (non-hydrogen) atoms.